The van der Waals surface area contributed by atoms with E-state index < -0.39 is 11.9 Å². The molecule has 0 atom stereocenters. The third kappa shape index (κ3) is 5.72. The molecule has 0 N–H and O–H groups in total. The first-order chi connectivity index (χ1) is 18.4. The summed E-state index contributed by atoms with van der Waals surface area (Å²) in [6, 6.07) is 20.2. The summed E-state index contributed by atoms with van der Waals surface area (Å²) in [5.41, 5.74) is 1.73. The van der Waals surface area contributed by atoms with Crippen molar-refractivity contribution in [2.45, 2.75) is 6.92 Å². The Kier molecular flexibility index (Phi) is 7.74. The Morgan fingerprint density at radius 3 is 2.66 bits per heavy atom. The van der Waals surface area contributed by atoms with Crippen molar-refractivity contribution in [1.82, 2.24) is 0 Å². The van der Waals surface area contributed by atoms with E-state index in [4.69, 9.17) is 25.8 Å². The summed E-state index contributed by atoms with van der Waals surface area (Å²) < 4.78 is 18.4. The number of halogens is 2. The Morgan fingerprint density at radius 1 is 1.05 bits per heavy atom. The zero-order chi connectivity index (χ0) is 26.6. The van der Waals surface area contributed by atoms with Crippen LogP contribution < -0.4 is 9.47 Å². The first-order valence-corrected chi connectivity index (χ1v) is 13.5. The van der Waals surface area contributed by atoms with Crippen molar-refractivity contribution in [3.05, 3.63) is 104 Å². The van der Waals surface area contributed by atoms with Gasteiger partial charge in [-0.3, -0.25) is 0 Å². The van der Waals surface area contributed by atoms with Gasteiger partial charge in [-0.05, 0) is 54.5 Å². The van der Waals surface area contributed by atoms with Gasteiger partial charge in [-0.15, -0.1) is 11.3 Å². The van der Waals surface area contributed by atoms with Crippen LogP contribution in [0.25, 0.3) is 22.2 Å². The Labute approximate surface area is 235 Å². The minimum Gasteiger partial charge on any atom is -0.490 e. The molecule has 9 heteroatoms. The van der Waals surface area contributed by atoms with Crippen molar-refractivity contribution in [1.29, 1.82) is 0 Å². The minimum absolute atomic E-state index is 0.146. The number of esters is 2. The Hall–Kier alpha value is -3.72. The number of hydrogen-bond donors (Lipinski definition) is 0. The average Bonchev–Trinajstić information content (AvgIpc) is 3.43. The first-order valence-electron chi connectivity index (χ1n) is 11.5. The van der Waals surface area contributed by atoms with E-state index >= 15 is 0 Å². The Morgan fingerprint density at radius 2 is 1.87 bits per heavy atom. The highest BCUT2D eigenvalue weighted by Gasteiger charge is 2.23. The van der Waals surface area contributed by atoms with Gasteiger partial charge in [-0.1, -0.05) is 70.0 Å². The maximum Gasteiger partial charge on any atom is 0.363 e. The standard InChI is InChI=1S/C29H19BrClNO5S/c1-2-35-23-15-18(14-21-28(33)37-25(32-21)13-9-17-6-4-3-5-7-17)8-12-22(23)36-29(34)27-26(31)20-11-10-19(30)16-24(20)38-27/h3-16H,2H2,1H3/b13-9+,21-14+. The summed E-state index contributed by atoms with van der Waals surface area (Å²) >= 11 is 11.2. The van der Waals surface area contributed by atoms with Gasteiger partial charge in [0.25, 0.3) is 0 Å². The van der Waals surface area contributed by atoms with Crippen LogP contribution in [0.3, 0.4) is 0 Å². The predicted octanol–water partition coefficient (Wildman–Crippen LogP) is 7.94. The van der Waals surface area contributed by atoms with E-state index in [1.54, 1.807) is 30.4 Å². The van der Waals surface area contributed by atoms with Crippen molar-refractivity contribution in [2.75, 3.05) is 6.61 Å². The summed E-state index contributed by atoms with van der Waals surface area (Å²) in [6.07, 6.45) is 5.04. The molecule has 1 aliphatic rings. The quantitative estimate of drug-likeness (QED) is 0.121. The van der Waals surface area contributed by atoms with Crippen molar-refractivity contribution >= 4 is 78.9 Å². The Balaban J connectivity index is 1.37. The third-order valence-electron chi connectivity index (χ3n) is 5.41. The molecule has 2 heterocycles. The molecule has 0 unspecified atom stereocenters. The molecule has 6 nitrogen and oxygen atoms in total. The lowest BCUT2D eigenvalue weighted by Gasteiger charge is -2.11. The van der Waals surface area contributed by atoms with Crippen molar-refractivity contribution in [3.8, 4) is 11.5 Å². The zero-order valence-electron chi connectivity index (χ0n) is 19.9. The van der Waals surface area contributed by atoms with Gasteiger partial charge >= 0.3 is 11.9 Å². The lowest BCUT2D eigenvalue weighted by molar-refractivity contribution is -0.129. The summed E-state index contributed by atoms with van der Waals surface area (Å²) in [4.78, 5) is 29.9. The number of ether oxygens (including phenoxy) is 3. The maximum atomic E-state index is 13.0. The van der Waals surface area contributed by atoms with Gasteiger partial charge in [0, 0.05) is 20.6 Å². The molecule has 0 fully saturated rings. The van der Waals surface area contributed by atoms with Crippen LogP contribution in [0, 0.1) is 0 Å². The molecule has 0 amide bonds. The second kappa shape index (κ2) is 11.3. The zero-order valence-corrected chi connectivity index (χ0v) is 23.1. The molecule has 5 rings (SSSR count). The number of cyclic esters (lactones) is 1. The van der Waals surface area contributed by atoms with Gasteiger partial charge in [0.1, 0.15) is 4.88 Å². The number of thiophene rings is 1. The van der Waals surface area contributed by atoms with Crippen LogP contribution in [0.2, 0.25) is 5.02 Å². The third-order valence-corrected chi connectivity index (χ3v) is 7.54. The molecule has 0 saturated heterocycles. The van der Waals surface area contributed by atoms with Gasteiger partial charge in [0.05, 0.1) is 11.6 Å². The van der Waals surface area contributed by atoms with Crippen molar-refractivity contribution < 1.29 is 23.8 Å². The van der Waals surface area contributed by atoms with E-state index in [0.717, 1.165) is 20.1 Å². The lowest BCUT2D eigenvalue weighted by Crippen LogP contribution is -2.08. The van der Waals surface area contributed by atoms with Crippen LogP contribution in [0.1, 0.15) is 27.7 Å². The summed E-state index contributed by atoms with van der Waals surface area (Å²) in [5, 5.41) is 1.12. The highest BCUT2D eigenvalue weighted by molar-refractivity contribution is 9.10. The number of aliphatic imine (C=N–C) groups is 1. The fourth-order valence-electron chi connectivity index (χ4n) is 3.67. The van der Waals surface area contributed by atoms with Crippen LogP contribution in [-0.4, -0.2) is 24.4 Å². The molecule has 1 aromatic heterocycles. The SMILES string of the molecule is CCOc1cc(/C=C2N=C(/C=C/c3ccccc3)OC/2=O)ccc1OC(=O)c1sc2cc(Br)ccc2c1Cl. The second-order valence-electron chi connectivity index (χ2n) is 8.03. The molecule has 1 aliphatic heterocycles. The number of carbonyl (C=O) groups excluding carboxylic acids is 2. The second-order valence-corrected chi connectivity index (χ2v) is 10.4. The van der Waals surface area contributed by atoms with E-state index in [2.05, 4.69) is 20.9 Å². The van der Waals surface area contributed by atoms with Gasteiger partial charge < -0.3 is 14.2 Å². The minimum atomic E-state index is -0.585. The molecular weight excluding hydrogens is 590 g/mol. The summed E-state index contributed by atoms with van der Waals surface area (Å²) in [6.45, 7) is 2.16. The Bertz CT molecular complexity index is 1640. The molecule has 3 aromatic carbocycles. The molecule has 0 saturated carbocycles. The molecular formula is C29H19BrClNO5S. The molecule has 190 valence electrons. The van der Waals surface area contributed by atoms with Crippen LogP contribution in [0.15, 0.2) is 88.0 Å². The van der Waals surface area contributed by atoms with Gasteiger partial charge in [-0.2, -0.15) is 0 Å². The molecule has 38 heavy (non-hydrogen) atoms. The van der Waals surface area contributed by atoms with E-state index in [0.29, 0.717) is 27.8 Å². The number of nitrogens with zero attached hydrogens (tertiary/aromatic N) is 1. The molecule has 0 radical (unpaired) electrons. The number of rotatable bonds is 7. The van der Waals surface area contributed by atoms with Gasteiger partial charge in [0.2, 0.25) is 5.90 Å². The molecule has 0 bridgehead atoms. The number of carbonyl (C=O) groups is 2. The van der Waals surface area contributed by atoms with Crippen molar-refractivity contribution in [2.24, 2.45) is 4.99 Å². The number of hydrogen-bond acceptors (Lipinski definition) is 7. The van der Waals surface area contributed by atoms with Crippen LogP contribution in [0.4, 0.5) is 0 Å². The van der Waals surface area contributed by atoms with Crippen LogP contribution >= 0.6 is 38.9 Å². The lowest BCUT2D eigenvalue weighted by atomic mass is 10.1. The molecule has 0 spiro atoms. The first kappa shape index (κ1) is 25.9. The van der Waals surface area contributed by atoms with E-state index in [-0.39, 0.29) is 17.3 Å². The van der Waals surface area contributed by atoms with Crippen molar-refractivity contribution in [3.63, 3.8) is 0 Å². The fraction of sp³-hybridized carbons (Fsp3) is 0.0690. The highest BCUT2D eigenvalue weighted by atomic mass is 79.9. The highest BCUT2D eigenvalue weighted by Crippen LogP contribution is 2.38. The van der Waals surface area contributed by atoms with Crippen LogP contribution in [-0.2, 0) is 9.53 Å². The fourth-order valence-corrected chi connectivity index (χ4v) is 5.61. The van der Waals surface area contributed by atoms with Crippen LogP contribution in [0.5, 0.6) is 11.5 Å². The number of benzene rings is 3. The van der Waals surface area contributed by atoms with E-state index in [9.17, 15) is 9.59 Å². The van der Waals surface area contributed by atoms with Gasteiger partial charge in [0.15, 0.2) is 17.2 Å². The summed E-state index contributed by atoms with van der Waals surface area (Å²) in [5.74, 6) is -0.365. The van der Waals surface area contributed by atoms with E-state index in [1.165, 1.54) is 11.3 Å². The van der Waals surface area contributed by atoms with E-state index in [1.807, 2.05) is 61.5 Å². The smallest absolute Gasteiger partial charge is 0.363 e. The topological polar surface area (TPSA) is 74.2 Å². The summed E-state index contributed by atoms with van der Waals surface area (Å²) in [7, 11) is 0. The maximum absolute atomic E-state index is 13.0. The normalized spacial score (nSPS) is 14.2. The number of fused-ring (bicyclic) bond motifs is 1. The molecule has 0 aliphatic carbocycles. The average molecular weight is 609 g/mol. The monoisotopic (exact) mass is 607 g/mol. The molecule has 4 aromatic rings. The van der Waals surface area contributed by atoms with Gasteiger partial charge in [-0.25, -0.2) is 14.6 Å². The largest absolute Gasteiger partial charge is 0.490 e. The predicted molar refractivity (Wildman–Crippen MR) is 154 cm³/mol.